The molecule has 1 aliphatic carbocycles. The van der Waals surface area contributed by atoms with Crippen LogP contribution in [0.1, 0.15) is 23.3 Å². The fourth-order valence-corrected chi connectivity index (χ4v) is 2.26. The Balaban J connectivity index is 1.81. The number of carbonyl (C=O) groups is 1. The van der Waals surface area contributed by atoms with Crippen molar-refractivity contribution in [1.82, 2.24) is 14.7 Å². The summed E-state index contributed by atoms with van der Waals surface area (Å²) in [4.78, 5) is 13.2. The van der Waals surface area contributed by atoms with Crippen LogP contribution in [0.3, 0.4) is 0 Å². The van der Waals surface area contributed by atoms with Gasteiger partial charge in [0.2, 0.25) is 0 Å². The lowest BCUT2D eigenvalue weighted by atomic mass is 10.3. The van der Waals surface area contributed by atoms with E-state index in [2.05, 4.69) is 5.10 Å². The number of rotatable bonds is 4. The third-order valence-corrected chi connectivity index (χ3v) is 3.43. The van der Waals surface area contributed by atoms with Crippen LogP contribution in [0, 0.1) is 0 Å². The maximum absolute atomic E-state index is 12.6. The highest BCUT2D eigenvalue weighted by Crippen LogP contribution is 2.31. The zero-order valence-electron chi connectivity index (χ0n) is 11.6. The number of aromatic nitrogens is 2. The largest absolute Gasteiger partial charge is 0.406 e. The summed E-state index contributed by atoms with van der Waals surface area (Å²) in [7, 11) is 0. The third-order valence-electron chi connectivity index (χ3n) is 3.43. The summed E-state index contributed by atoms with van der Waals surface area (Å²) in [6, 6.07) is 10.2. The number of hydrogen-bond acceptors (Lipinski definition) is 2. The Morgan fingerprint density at radius 1 is 1.23 bits per heavy atom. The number of alkyl halides is 3. The van der Waals surface area contributed by atoms with Crippen molar-refractivity contribution in [1.29, 1.82) is 0 Å². The van der Waals surface area contributed by atoms with Crippen molar-refractivity contribution in [2.75, 3.05) is 6.54 Å². The van der Waals surface area contributed by atoms with E-state index < -0.39 is 18.6 Å². The fraction of sp³-hybridized carbons (Fsp3) is 0.333. The predicted molar refractivity (Wildman–Crippen MR) is 73.7 cm³/mol. The molecule has 4 nitrogen and oxygen atoms in total. The van der Waals surface area contributed by atoms with Gasteiger partial charge in [-0.25, -0.2) is 4.68 Å². The second-order valence-corrected chi connectivity index (χ2v) is 5.26. The van der Waals surface area contributed by atoms with Gasteiger partial charge >= 0.3 is 6.18 Å². The van der Waals surface area contributed by atoms with Crippen LogP contribution in [0.25, 0.3) is 5.69 Å². The highest BCUT2D eigenvalue weighted by molar-refractivity contribution is 5.92. The molecule has 7 heteroatoms. The molecule has 1 saturated carbocycles. The van der Waals surface area contributed by atoms with Gasteiger partial charge in [0.1, 0.15) is 6.54 Å². The average molecular weight is 309 g/mol. The van der Waals surface area contributed by atoms with E-state index in [0.29, 0.717) is 12.8 Å². The topological polar surface area (TPSA) is 38.1 Å². The van der Waals surface area contributed by atoms with Gasteiger partial charge in [0, 0.05) is 12.2 Å². The first-order valence-corrected chi connectivity index (χ1v) is 6.93. The Bertz CT molecular complexity index is 662. The van der Waals surface area contributed by atoms with Crippen LogP contribution in [0.15, 0.2) is 42.6 Å². The molecule has 0 radical (unpaired) electrons. The average Bonchev–Trinajstić information content (AvgIpc) is 3.20. The van der Waals surface area contributed by atoms with Crippen LogP contribution >= 0.6 is 0 Å². The Hall–Kier alpha value is -2.31. The third kappa shape index (κ3) is 3.29. The van der Waals surface area contributed by atoms with Crippen molar-refractivity contribution < 1.29 is 18.0 Å². The number of halogens is 3. The zero-order valence-corrected chi connectivity index (χ0v) is 11.6. The molecule has 0 N–H and O–H groups in total. The van der Waals surface area contributed by atoms with E-state index >= 15 is 0 Å². The number of para-hydroxylation sites is 1. The first-order chi connectivity index (χ1) is 10.4. The zero-order chi connectivity index (χ0) is 15.7. The van der Waals surface area contributed by atoms with Crippen LogP contribution in [0.5, 0.6) is 0 Å². The molecule has 3 rings (SSSR count). The summed E-state index contributed by atoms with van der Waals surface area (Å²) in [6.45, 7) is -1.23. The molecule has 1 amide bonds. The lowest BCUT2D eigenvalue weighted by molar-refractivity contribution is -0.141. The summed E-state index contributed by atoms with van der Waals surface area (Å²) < 4.78 is 39.3. The second kappa shape index (κ2) is 5.47. The van der Waals surface area contributed by atoms with Gasteiger partial charge < -0.3 is 4.90 Å². The lowest BCUT2D eigenvalue weighted by Crippen LogP contribution is -2.40. The Morgan fingerprint density at radius 3 is 2.50 bits per heavy atom. The molecule has 22 heavy (non-hydrogen) atoms. The lowest BCUT2D eigenvalue weighted by Gasteiger charge is -2.22. The molecule has 1 aromatic carbocycles. The molecular formula is C15H14F3N3O. The second-order valence-electron chi connectivity index (χ2n) is 5.26. The molecule has 1 aliphatic rings. The molecule has 0 atom stereocenters. The minimum absolute atomic E-state index is 0.0278. The van der Waals surface area contributed by atoms with Gasteiger partial charge in [0.15, 0.2) is 5.69 Å². The molecule has 0 saturated heterocycles. The number of carbonyl (C=O) groups excluding carboxylic acids is 1. The van der Waals surface area contributed by atoms with Crippen molar-refractivity contribution in [2.24, 2.45) is 0 Å². The fourth-order valence-electron chi connectivity index (χ4n) is 2.26. The highest BCUT2D eigenvalue weighted by atomic mass is 19.4. The molecule has 0 spiro atoms. The summed E-state index contributed by atoms with van der Waals surface area (Å²) in [5.74, 6) is -0.672. The maximum atomic E-state index is 12.6. The summed E-state index contributed by atoms with van der Waals surface area (Å²) >= 11 is 0. The molecule has 0 unspecified atom stereocenters. The molecule has 1 fully saturated rings. The Kier molecular flexibility index (Phi) is 3.64. The van der Waals surface area contributed by atoms with Crippen molar-refractivity contribution in [3.8, 4) is 5.69 Å². The number of nitrogens with zero attached hydrogens (tertiary/aromatic N) is 3. The number of amides is 1. The maximum Gasteiger partial charge on any atom is 0.406 e. The summed E-state index contributed by atoms with van der Waals surface area (Å²) in [6.07, 6.45) is -1.61. The van der Waals surface area contributed by atoms with E-state index in [4.69, 9.17) is 0 Å². The number of hydrogen-bond donors (Lipinski definition) is 0. The van der Waals surface area contributed by atoms with Crippen LogP contribution in [-0.2, 0) is 0 Å². The van der Waals surface area contributed by atoms with Crippen LogP contribution in [-0.4, -0.2) is 39.4 Å². The van der Waals surface area contributed by atoms with E-state index in [-0.39, 0.29) is 11.7 Å². The van der Waals surface area contributed by atoms with Gasteiger partial charge in [-0.3, -0.25) is 4.79 Å². The van der Waals surface area contributed by atoms with Crippen molar-refractivity contribution in [3.05, 3.63) is 48.3 Å². The van der Waals surface area contributed by atoms with Crippen molar-refractivity contribution in [2.45, 2.75) is 25.1 Å². The standard InChI is InChI=1S/C15H14F3N3O/c16-15(17,18)10-20(11-6-7-11)14(22)13-8-9-21(19-13)12-4-2-1-3-5-12/h1-5,8-9,11H,6-7,10H2. The normalized spacial score (nSPS) is 14.9. The van der Waals surface area contributed by atoms with Gasteiger partial charge in [-0.1, -0.05) is 18.2 Å². The van der Waals surface area contributed by atoms with Crippen molar-refractivity contribution in [3.63, 3.8) is 0 Å². The van der Waals surface area contributed by atoms with Gasteiger partial charge in [0.05, 0.1) is 5.69 Å². The van der Waals surface area contributed by atoms with E-state index in [9.17, 15) is 18.0 Å². The monoisotopic (exact) mass is 309 g/mol. The van der Waals surface area contributed by atoms with Gasteiger partial charge in [0.25, 0.3) is 5.91 Å². The van der Waals surface area contributed by atoms with Gasteiger partial charge in [-0.05, 0) is 31.0 Å². The van der Waals surface area contributed by atoms with Crippen molar-refractivity contribution >= 4 is 5.91 Å². The molecule has 1 heterocycles. The van der Waals surface area contributed by atoms with E-state index in [1.807, 2.05) is 18.2 Å². The SMILES string of the molecule is O=C(c1ccn(-c2ccccc2)n1)N(CC(F)(F)F)C1CC1. The van der Waals surface area contributed by atoms with E-state index in [1.54, 1.807) is 18.3 Å². The molecular weight excluding hydrogens is 295 g/mol. The summed E-state index contributed by atoms with van der Waals surface area (Å²) in [5, 5.41) is 4.10. The van der Waals surface area contributed by atoms with Crippen LogP contribution < -0.4 is 0 Å². The molecule has 116 valence electrons. The van der Waals surface area contributed by atoms with E-state index in [0.717, 1.165) is 10.6 Å². The Labute approximate surface area is 125 Å². The highest BCUT2D eigenvalue weighted by Gasteiger charge is 2.41. The van der Waals surface area contributed by atoms with Gasteiger partial charge in [-0.15, -0.1) is 0 Å². The Morgan fingerprint density at radius 2 is 1.91 bits per heavy atom. The number of benzene rings is 1. The van der Waals surface area contributed by atoms with Gasteiger partial charge in [-0.2, -0.15) is 18.3 Å². The quantitative estimate of drug-likeness (QED) is 0.870. The molecule has 0 bridgehead atoms. The van der Waals surface area contributed by atoms with Crippen LogP contribution in [0.4, 0.5) is 13.2 Å². The van der Waals surface area contributed by atoms with E-state index in [1.165, 1.54) is 10.7 Å². The predicted octanol–water partition coefficient (Wildman–Crippen LogP) is 3.04. The smallest absolute Gasteiger partial charge is 0.325 e. The molecule has 0 aliphatic heterocycles. The first-order valence-electron chi connectivity index (χ1n) is 6.93. The first kappa shape index (κ1) is 14.6. The minimum atomic E-state index is -4.40. The molecule has 1 aromatic heterocycles. The molecule has 2 aromatic rings. The summed E-state index contributed by atoms with van der Waals surface area (Å²) in [5.41, 5.74) is 0.773. The van der Waals surface area contributed by atoms with Crippen LogP contribution in [0.2, 0.25) is 0 Å². The minimum Gasteiger partial charge on any atom is -0.325 e.